The van der Waals surface area contributed by atoms with Crippen LogP contribution in [0.5, 0.6) is 0 Å². The van der Waals surface area contributed by atoms with Gasteiger partial charge >= 0.3 is 5.97 Å². The molecule has 2 atom stereocenters. The van der Waals surface area contributed by atoms with Crippen molar-refractivity contribution in [1.82, 2.24) is 0 Å². The van der Waals surface area contributed by atoms with Gasteiger partial charge in [-0.05, 0) is 17.7 Å². The Morgan fingerprint density at radius 2 is 1.57 bits per heavy atom. The van der Waals surface area contributed by atoms with Crippen molar-refractivity contribution in [1.29, 1.82) is 0 Å². The van der Waals surface area contributed by atoms with E-state index in [1.165, 1.54) is 18.7 Å². The van der Waals surface area contributed by atoms with Crippen LogP contribution in [0.3, 0.4) is 0 Å². The van der Waals surface area contributed by atoms with Crippen molar-refractivity contribution in [2.45, 2.75) is 23.4 Å². The molecular weight excluding hydrogens is 284 g/mol. The Morgan fingerprint density at radius 1 is 1.00 bits per heavy atom. The van der Waals surface area contributed by atoms with E-state index in [2.05, 4.69) is 0 Å². The molecule has 21 heavy (non-hydrogen) atoms. The fraction of sp³-hybridized carbons (Fsp3) is 0.235. The normalized spacial score (nSPS) is 13.4. The van der Waals surface area contributed by atoms with Gasteiger partial charge in [0.2, 0.25) is 0 Å². The molecule has 0 saturated heterocycles. The lowest BCUT2D eigenvalue weighted by molar-refractivity contribution is -0.150. The predicted octanol–water partition coefficient (Wildman–Crippen LogP) is 4.06. The number of methoxy groups -OCH3 is 1. The van der Waals surface area contributed by atoms with E-state index in [4.69, 9.17) is 9.47 Å². The molecule has 2 aromatic carbocycles. The SMILES string of the molecule is CO[C@@H](Sc1ccccc1)[C@@H](OC(C)=O)c1ccccc1. The van der Waals surface area contributed by atoms with Crippen LogP contribution in [-0.2, 0) is 14.3 Å². The number of carbonyl (C=O) groups is 1. The highest BCUT2D eigenvalue weighted by molar-refractivity contribution is 7.99. The lowest BCUT2D eigenvalue weighted by atomic mass is 10.1. The summed E-state index contributed by atoms with van der Waals surface area (Å²) in [5.74, 6) is -0.320. The van der Waals surface area contributed by atoms with Crippen molar-refractivity contribution in [3.63, 3.8) is 0 Å². The van der Waals surface area contributed by atoms with E-state index in [-0.39, 0.29) is 11.4 Å². The quantitative estimate of drug-likeness (QED) is 0.458. The molecular formula is C17H18O3S. The highest BCUT2D eigenvalue weighted by Gasteiger charge is 2.27. The summed E-state index contributed by atoms with van der Waals surface area (Å²) in [6, 6.07) is 19.6. The number of hydrogen-bond acceptors (Lipinski definition) is 4. The minimum absolute atomic E-state index is 0.307. The van der Waals surface area contributed by atoms with Crippen LogP contribution in [-0.4, -0.2) is 18.5 Å². The molecule has 0 heterocycles. The van der Waals surface area contributed by atoms with Gasteiger partial charge in [-0.25, -0.2) is 0 Å². The molecule has 0 spiro atoms. The Labute approximate surface area is 129 Å². The van der Waals surface area contributed by atoms with Crippen LogP contribution in [0.1, 0.15) is 18.6 Å². The van der Waals surface area contributed by atoms with Crippen LogP contribution < -0.4 is 0 Å². The van der Waals surface area contributed by atoms with Crippen molar-refractivity contribution in [3.8, 4) is 0 Å². The van der Waals surface area contributed by atoms with Gasteiger partial charge in [0.05, 0.1) is 0 Å². The Bertz CT molecular complexity index is 557. The molecule has 2 aromatic rings. The summed E-state index contributed by atoms with van der Waals surface area (Å²) in [6.45, 7) is 1.41. The smallest absolute Gasteiger partial charge is 0.303 e. The summed E-state index contributed by atoms with van der Waals surface area (Å²) in [4.78, 5) is 12.5. The minimum atomic E-state index is -0.445. The third-order valence-corrected chi connectivity index (χ3v) is 4.11. The molecule has 0 unspecified atom stereocenters. The number of hydrogen-bond donors (Lipinski definition) is 0. The molecule has 0 aromatic heterocycles. The van der Waals surface area contributed by atoms with Gasteiger partial charge in [-0.15, -0.1) is 0 Å². The first kappa shape index (κ1) is 15.6. The molecule has 0 amide bonds. The summed E-state index contributed by atoms with van der Waals surface area (Å²) < 4.78 is 11.0. The summed E-state index contributed by atoms with van der Waals surface area (Å²) >= 11 is 1.53. The maximum Gasteiger partial charge on any atom is 0.303 e. The van der Waals surface area contributed by atoms with Crippen molar-refractivity contribution in [2.24, 2.45) is 0 Å². The van der Waals surface area contributed by atoms with Gasteiger partial charge in [0.25, 0.3) is 0 Å². The first-order chi connectivity index (χ1) is 10.2. The molecule has 0 radical (unpaired) electrons. The van der Waals surface area contributed by atoms with Gasteiger partial charge in [0, 0.05) is 18.9 Å². The molecule has 0 saturated carbocycles. The summed E-state index contributed by atoms with van der Waals surface area (Å²) in [5.41, 5.74) is 0.613. The molecule has 0 N–H and O–H groups in total. The Morgan fingerprint density at radius 3 is 2.10 bits per heavy atom. The number of rotatable bonds is 6. The monoisotopic (exact) mass is 302 g/mol. The van der Waals surface area contributed by atoms with E-state index in [1.54, 1.807) is 7.11 Å². The standard InChI is InChI=1S/C17H18O3S/c1-13(18)20-16(14-9-5-3-6-10-14)17(19-2)21-15-11-7-4-8-12-15/h3-12,16-17H,1-2H3/t16-,17-/m0/s1. The Hall–Kier alpha value is -1.78. The average Bonchev–Trinajstić information content (AvgIpc) is 2.52. The Balaban J connectivity index is 2.23. The van der Waals surface area contributed by atoms with Gasteiger partial charge in [-0.2, -0.15) is 0 Å². The van der Waals surface area contributed by atoms with Gasteiger partial charge in [-0.3, -0.25) is 4.79 Å². The second-order valence-corrected chi connectivity index (χ2v) is 5.65. The zero-order valence-corrected chi connectivity index (χ0v) is 12.9. The molecule has 0 aliphatic carbocycles. The van der Waals surface area contributed by atoms with Gasteiger partial charge in [-0.1, -0.05) is 60.3 Å². The van der Waals surface area contributed by atoms with Gasteiger partial charge in [0.1, 0.15) is 5.44 Å². The maximum absolute atomic E-state index is 11.4. The largest absolute Gasteiger partial charge is 0.454 e. The molecule has 0 aliphatic rings. The lowest BCUT2D eigenvalue weighted by Crippen LogP contribution is -2.22. The zero-order valence-electron chi connectivity index (χ0n) is 12.1. The average molecular weight is 302 g/mol. The summed E-state index contributed by atoms with van der Waals surface area (Å²) in [6.07, 6.45) is -0.445. The van der Waals surface area contributed by atoms with E-state index in [1.807, 2.05) is 60.7 Å². The first-order valence-corrected chi connectivity index (χ1v) is 7.55. The molecule has 4 heteroatoms. The first-order valence-electron chi connectivity index (χ1n) is 6.67. The van der Waals surface area contributed by atoms with E-state index in [0.29, 0.717) is 0 Å². The van der Waals surface area contributed by atoms with E-state index < -0.39 is 6.10 Å². The van der Waals surface area contributed by atoms with Crippen molar-refractivity contribution in [2.75, 3.05) is 7.11 Å². The second kappa shape index (κ2) is 7.86. The van der Waals surface area contributed by atoms with E-state index in [0.717, 1.165) is 10.5 Å². The Kier molecular flexibility index (Phi) is 5.84. The molecule has 3 nitrogen and oxygen atoms in total. The molecule has 2 rings (SSSR count). The fourth-order valence-corrected chi connectivity index (χ4v) is 2.98. The number of thioether (sulfide) groups is 1. The summed E-state index contributed by atoms with van der Waals surface area (Å²) in [5, 5.41) is 0. The van der Waals surface area contributed by atoms with Crippen LogP contribution in [0.15, 0.2) is 65.6 Å². The highest BCUT2D eigenvalue weighted by Crippen LogP contribution is 2.35. The van der Waals surface area contributed by atoms with Gasteiger partial charge in [0.15, 0.2) is 6.10 Å². The topological polar surface area (TPSA) is 35.5 Å². The number of ether oxygens (including phenoxy) is 2. The second-order valence-electron chi connectivity index (χ2n) is 4.48. The number of esters is 1. The van der Waals surface area contributed by atoms with E-state index >= 15 is 0 Å². The number of carbonyl (C=O) groups excluding carboxylic acids is 1. The minimum Gasteiger partial charge on any atom is -0.454 e. The lowest BCUT2D eigenvalue weighted by Gasteiger charge is -2.25. The molecule has 0 fully saturated rings. The van der Waals surface area contributed by atoms with Gasteiger partial charge < -0.3 is 9.47 Å². The maximum atomic E-state index is 11.4. The van der Waals surface area contributed by atoms with Crippen molar-refractivity contribution >= 4 is 17.7 Å². The third-order valence-electron chi connectivity index (χ3n) is 2.90. The van der Waals surface area contributed by atoms with Crippen LogP contribution in [0, 0.1) is 0 Å². The highest BCUT2D eigenvalue weighted by atomic mass is 32.2. The van der Waals surface area contributed by atoms with Crippen LogP contribution in [0.4, 0.5) is 0 Å². The molecule has 0 aliphatic heterocycles. The molecule has 110 valence electrons. The fourth-order valence-electron chi connectivity index (χ4n) is 1.97. The van der Waals surface area contributed by atoms with E-state index in [9.17, 15) is 4.79 Å². The van der Waals surface area contributed by atoms with Crippen molar-refractivity contribution in [3.05, 3.63) is 66.2 Å². The van der Waals surface area contributed by atoms with Crippen LogP contribution in [0.2, 0.25) is 0 Å². The predicted molar refractivity (Wildman–Crippen MR) is 84.0 cm³/mol. The number of benzene rings is 2. The molecule has 0 bridgehead atoms. The summed E-state index contributed by atoms with van der Waals surface area (Å²) in [7, 11) is 1.63. The van der Waals surface area contributed by atoms with Crippen LogP contribution >= 0.6 is 11.8 Å². The zero-order chi connectivity index (χ0) is 15.1. The van der Waals surface area contributed by atoms with Crippen molar-refractivity contribution < 1.29 is 14.3 Å². The third kappa shape index (κ3) is 4.62. The van der Waals surface area contributed by atoms with Crippen LogP contribution in [0.25, 0.3) is 0 Å².